The van der Waals surface area contributed by atoms with Gasteiger partial charge in [0.1, 0.15) is 0 Å². The van der Waals surface area contributed by atoms with Gasteiger partial charge in [-0.15, -0.1) is 0 Å². The number of hydrogen-bond donors (Lipinski definition) is 0. The molecule has 0 spiro atoms. The zero-order valence-electron chi connectivity index (χ0n) is 19.5. The van der Waals surface area contributed by atoms with Gasteiger partial charge in [-0.25, -0.2) is 9.97 Å². The van der Waals surface area contributed by atoms with Gasteiger partial charge >= 0.3 is 0 Å². The highest BCUT2D eigenvalue weighted by atomic mass is 15.2. The van der Waals surface area contributed by atoms with Gasteiger partial charge in [0.2, 0.25) is 11.6 Å². The Bertz CT molecular complexity index is 1960. The third-order valence-corrected chi connectivity index (χ3v) is 7.38. The van der Waals surface area contributed by atoms with E-state index in [1.165, 1.54) is 33.2 Å². The number of hydrogen-bond acceptors (Lipinski definition) is 2. The molecule has 0 atom stereocenters. The molecule has 0 aliphatic heterocycles. The van der Waals surface area contributed by atoms with Crippen LogP contribution in [0.5, 0.6) is 0 Å². The Labute approximate surface area is 200 Å². The van der Waals surface area contributed by atoms with E-state index in [0.29, 0.717) is 0 Å². The summed E-state index contributed by atoms with van der Waals surface area (Å²) in [7, 11) is 4.18. The van der Waals surface area contributed by atoms with Gasteiger partial charge in [-0.2, -0.15) is 0 Å². The van der Waals surface area contributed by atoms with Gasteiger partial charge in [0.25, 0.3) is 0 Å². The zero-order chi connectivity index (χ0) is 23.3. The summed E-state index contributed by atoms with van der Waals surface area (Å²) in [5.74, 6) is 1.94. The summed E-state index contributed by atoms with van der Waals surface area (Å²) in [6, 6.07) is 30.2. The standard InChI is InChI=1S/C29H22N6/c1-32-24-13-11-18(16-26(24)34-22-9-5-3-7-20(22)30-28(32)34)15-19-12-14-25-27(17-19)35-23-10-6-4-8-21(23)31-29(35)33(25)2/h3-14,16-17H,15H2,1-2H3. The lowest BCUT2D eigenvalue weighted by Crippen LogP contribution is -1.92. The Hall–Kier alpha value is -4.58. The molecule has 6 heteroatoms. The normalized spacial score (nSPS) is 12.4. The fourth-order valence-electron chi connectivity index (χ4n) is 5.69. The lowest BCUT2D eigenvalue weighted by atomic mass is 10.0. The Kier molecular flexibility index (Phi) is 3.50. The summed E-state index contributed by atoms with van der Waals surface area (Å²) in [5, 5.41) is 0. The van der Waals surface area contributed by atoms with Crippen LogP contribution in [0.15, 0.2) is 84.9 Å². The Morgan fingerprint density at radius 2 is 0.971 bits per heavy atom. The van der Waals surface area contributed by atoms with E-state index in [1.54, 1.807) is 0 Å². The van der Waals surface area contributed by atoms with Crippen LogP contribution in [-0.2, 0) is 20.5 Å². The van der Waals surface area contributed by atoms with Crippen molar-refractivity contribution in [3.8, 4) is 0 Å². The first-order valence-electron chi connectivity index (χ1n) is 11.9. The number of aryl methyl sites for hydroxylation is 2. The molecule has 0 amide bonds. The van der Waals surface area contributed by atoms with Gasteiger partial charge < -0.3 is 9.13 Å². The average Bonchev–Trinajstić information content (AvgIpc) is 3.59. The largest absolute Gasteiger partial charge is 0.313 e. The van der Waals surface area contributed by atoms with Crippen LogP contribution < -0.4 is 0 Å². The van der Waals surface area contributed by atoms with E-state index >= 15 is 0 Å². The van der Waals surface area contributed by atoms with Crippen LogP contribution in [0.3, 0.4) is 0 Å². The molecule has 8 rings (SSSR count). The molecule has 0 saturated heterocycles. The van der Waals surface area contributed by atoms with E-state index in [1.807, 2.05) is 12.1 Å². The van der Waals surface area contributed by atoms with Gasteiger partial charge in [0.05, 0.1) is 44.1 Å². The topological polar surface area (TPSA) is 44.5 Å². The second kappa shape index (κ2) is 6.51. The summed E-state index contributed by atoms with van der Waals surface area (Å²) >= 11 is 0. The maximum Gasteiger partial charge on any atom is 0.215 e. The van der Waals surface area contributed by atoms with Gasteiger partial charge in [-0.05, 0) is 66.1 Å². The van der Waals surface area contributed by atoms with E-state index in [4.69, 9.17) is 9.97 Å². The summed E-state index contributed by atoms with van der Waals surface area (Å²) in [6.45, 7) is 0. The number of benzene rings is 4. The lowest BCUT2D eigenvalue weighted by Gasteiger charge is -2.05. The predicted molar refractivity (Wildman–Crippen MR) is 141 cm³/mol. The van der Waals surface area contributed by atoms with Gasteiger partial charge in [-0.3, -0.25) is 8.80 Å². The highest BCUT2D eigenvalue weighted by molar-refractivity contribution is 5.92. The molecule has 4 aromatic heterocycles. The molecule has 0 radical (unpaired) electrons. The predicted octanol–water partition coefficient (Wildman–Crippen LogP) is 5.86. The van der Waals surface area contributed by atoms with Crippen molar-refractivity contribution in [1.29, 1.82) is 0 Å². The molecule has 0 aliphatic carbocycles. The maximum absolute atomic E-state index is 4.87. The number of rotatable bonds is 2. The molecular formula is C29H22N6. The minimum atomic E-state index is 0.859. The number of imidazole rings is 4. The molecule has 0 N–H and O–H groups in total. The first kappa shape index (κ1) is 18.8. The van der Waals surface area contributed by atoms with E-state index in [2.05, 4.69) is 105 Å². The van der Waals surface area contributed by atoms with Crippen molar-refractivity contribution in [2.24, 2.45) is 14.1 Å². The van der Waals surface area contributed by atoms with Crippen molar-refractivity contribution in [2.75, 3.05) is 0 Å². The van der Waals surface area contributed by atoms with Crippen LogP contribution in [0.1, 0.15) is 11.1 Å². The molecule has 35 heavy (non-hydrogen) atoms. The Morgan fingerprint density at radius 1 is 0.514 bits per heavy atom. The van der Waals surface area contributed by atoms with Crippen LogP contribution in [0.25, 0.3) is 55.7 Å². The molecule has 8 aromatic rings. The number of fused-ring (bicyclic) bond motifs is 10. The summed E-state index contributed by atoms with van der Waals surface area (Å²) in [4.78, 5) is 9.73. The van der Waals surface area contributed by atoms with E-state index in [-0.39, 0.29) is 0 Å². The molecule has 168 valence electrons. The van der Waals surface area contributed by atoms with Crippen molar-refractivity contribution in [2.45, 2.75) is 6.42 Å². The first-order chi connectivity index (χ1) is 17.2. The van der Waals surface area contributed by atoms with Gasteiger partial charge in [0, 0.05) is 14.1 Å². The van der Waals surface area contributed by atoms with Crippen molar-refractivity contribution >= 4 is 55.7 Å². The first-order valence-corrected chi connectivity index (χ1v) is 11.9. The molecule has 0 saturated carbocycles. The third-order valence-electron chi connectivity index (χ3n) is 7.38. The second-order valence-electron chi connectivity index (χ2n) is 9.41. The smallest absolute Gasteiger partial charge is 0.215 e. The summed E-state index contributed by atoms with van der Waals surface area (Å²) in [5.41, 5.74) is 11.7. The van der Waals surface area contributed by atoms with Gasteiger partial charge in [-0.1, -0.05) is 36.4 Å². The molecule has 4 heterocycles. The Balaban J connectivity index is 1.30. The van der Waals surface area contributed by atoms with E-state index in [9.17, 15) is 0 Å². The minimum absolute atomic E-state index is 0.859. The molecular weight excluding hydrogens is 432 g/mol. The molecule has 0 bridgehead atoms. The SMILES string of the molecule is Cn1c2ccc(Cc3ccc4c(c3)n3c5ccccc5nc3n4C)cc2n2c3ccccc3nc12. The summed E-state index contributed by atoms with van der Waals surface area (Å²) in [6.07, 6.45) is 0.859. The molecule has 0 aliphatic rings. The third kappa shape index (κ3) is 2.43. The number of nitrogens with zero attached hydrogens (tertiary/aromatic N) is 6. The van der Waals surface area contributed by atoms with Crippen molar-refractivity contribution in [1.82, 2.24) is 27.9 Å². The molecule has 6 nitrogen and oxygen atoms in total. The lowest BCUT2D eigenvalue weighted by molar-refractivity contribution is 0.973. The maximum atomic E-state index is 4.87. The van der Waals surface area contributed by atoms with Crippen molar-refractivity contribution in [3.63, 3.8) is 0 Å². The highest BCUT2D eigenvalue weighted by Gasteiger charge is 2.16. The molecule has 0 fully saturated rings. The van der Waals surface area contributed by atoms with Crippen LogP contribution in [0, 0.1) is 0 Å². The molecule has 0 unspecified atom stereocenters. The quantitative estimate of drug-likeness (QED) is 0.328. The number of aromatic nitrogens is 6. The monoisotopic (exact) mass is 454 g/mol. The van der Waals surface area contributed by atoms with Crippen LogP contribution in [0.2, 0.25) is 0 Å². The van der Waals surface area contributed by atoms with Crippen molar-refractivity contribution < 1.29 is 0 Å². The number of para-hydroxylation sites is 4. The molecule has 4 aromatic carbocycles. The minimum Gasteiger partial charge on any atom is -0.313 e. The van der Waals surface area contributed by atoms with E-state index < -0.39 is 0 Å². The average molecular weight is 455 g/mol. The van der Waals surface area contributed by atoms with Gasteiger partial charge in [0.15, 0.2) is 0 Å². The van der Waals surface area contributed by atoms with E-state index in [0.717, 1.165) is 40.0 Å². The summed E-state index contributed by atoms with van der Waals surface area (Å²) < 4.78 is 8.90. The van der Waals surface area contributed by atoms with Crippen molar-refractivity contribution in [3.05, 3.63) is 96.1 Å². The highest BCUT2D eigenvalue weighted by Crippen LogP contribution is 2.29. The van der Waals surface area contributed by atoms with Crippen LogP contribution in [-0.4, -0.2) is 27.9 Å². The zero-order valence-corrected chi connectivity index (χ0v) is 19.5. The fraction of sp³-hybridized carbons (Fsp3) is 0.103. The fourth-order valence-corrected chi connectivity index (χ4v) is 5.69. The second-order valence-corrected chi connectivity index (χ2v) is 9.41. The Morgan fingerprint density at radius 3 is 1.46 bits per heavy atom. The van der Waals surface area contributed by atoms with Crippen LogP contribution >= 0.6 is 0 Å². The van der Waals surface area contributed by atoms with Crippen LogP contribution in [0.4, 0.5) is 0 Å².